The molecule has 0 heterocycles. The number of anilines is 2. The maximum atomic E-state index is 13.6. The van der Waals surface area contributed by atoms with Gasteiger partial charge in [-0.05, 0) is 53.3 Å². The van der Waals surface area contributed by atoms with Crippen LogP contribution in [0.5, 0.6) is 0 Å². The van der Waals surface area contributed by atoms with E-state index in [2.05, 4.69) is 33.4 Å². The minimum absolute atomic E-state index is 0.0177. The minimum Gasteiger partial charge on any atom is -0.391 e. The maximum absolute atomic E-state index is 13.6. The summed E-state index contributed by atoms with van der Waals surface area (Å²) in [6.45, 7) is 1.62. The molecule has 0 aliphatic rings. The van der Waals surface area contributed by atoms with Crippen LogP contribution in [-0.4, -0.2) is 23.7 Å². The first kappa shape index (κ1) is 20.8. The molecule has 2 rings (SSSR count). The molecule has 2 aromatic rings. The van der Waals surface area contributed by atoms with Crippen molar-refractivity contribution in [1.29, 1.82) is 0 Å². The molecule has 5 nitrogen and oxygen atoms in total. The molecule has 0 saturated carbocycles. The molecule has 0 aliphatic carbocycles. The number of carbonyl (C=O) groups excluding carboxylic acids is 1. The molecule has 1 atom stereocenters. The highest BCUT2D eigenvalue weighted by molar-refractivity contribution is 14.1. The molecular weight excluding hydrogens is 481 g/mol. The Morgan fingerprint density at radius 2 is 1.96 bits per heavy atom. The second kappa shape index (κ2) is 9.45. The summed E-state index contributed by atoms with van der Waals surface area (Å²) in [5, 5.41) is 12.6. The fourth-order valence-electron chi connectivity index (χ4n) is 1.95. The average Bonchev–Trinajstić information content (AvgIpc) is 2.59. The van der Waals surface area contributed by atoms with Crippen molar-refractivity contribution in [3.8, 4) is 0 Å². The predicted octanol–water partition coefficient (Wildman–Crippen LogP) is 4.40. The molecule has 0 aliphatic heterocycles. The Kier molecular flexibility index (Phi) is 7.56. The minimum atomic E-state index is -1.18. The molecule has 0 spiro atoms. The van der Waals surface area contributed by atoms with Gasteiger partial charge in [0.1, 0.15) is 6.61 Å². The number of hydrogen-bond acceptors (Lipinski definition) is 4. The molecule has 0 bridgehead atoms. The second-order valence-corrected chi connectivity index (χ2v) is 7.02. The number of rotatable bonds is 7. The Balaban J connectivity index is 2.25. The molecule has 0 aromatic heterocycles. The highest BCUT2D eigenvalue weighted by Crippen LogP contribution is 2.30. The molecule has 3 N–H and O–H groups in total. The predicted molar refractivity (Wildman–Crippen MR) is 104 cm³/mol. The van der Waals surface area contributed by atoms with E-state index in [0.717, 1.165) is 15.7 Å². The standard InChI is InChI=1S/C17H16ClF2IN2O3/c1-2-10(24)8-26-23-17(25)11-6-13(19)14(20)7-16(11)22-15-4-3-9(21)5-12(15)18/h3-7,10,22,24H,2,8H2,1H3,(H,23,25). The van der Waals surface area contributed by atoms with Gasteiger partial charge < -0.3 is 10.4 Å². The van der Waals surface area contributed by atoms with Gasteiger partial charge in [-0.25, -0.2) is 14.3 Å². The van der Waals surface area contributed by atoms with Gasteiger partial charge in [-0.1, -0.05) is 18.5 Å². The van der Waals surface area contributed by atoms with Crippen LogP contribution in [0.2, 0.25) is 5.02 Å². The van der Waals surface area contributed by atoms with Gasteiger partial charge in [-0.3, -0.25) is 9.63 Å². The van der Waals surface area contributed by atoms with Gasteiger partial charge in [0.2, 0.25) is 0 Å². The van der Waals surface area contributed by atoms with E-state index in [4.69, 9.17) is 16.4 Å². The first-order valence-electron chi connectivity index (χ1n) is 7.63. The topological polar surface area (TPSA) is 70.6 Å². The Hall–Kier alpha value is -1.49. The van der Waals surface area contributed by atoms with Crippen LogP contribution in [0.4, 0.5) is 20.2 Å². The number of benzene rings is 2. The van der Waals surface area contributed by atoms with Crippen molar-refractivity contribution < 1.29 is 23.5 Å². The van der Waals surface area contributed by atoms with E-state index in [-0.39, 0.29) is 17.9 Å². The van der Waals surface area contributed by atoms with E-state index in [1.165, 1.54) is 0 Å². The van der Waals surface area contributed by atoms with Crippen molar-refractivity contribution in [1.82, 2.24) is 5.48 Å². The molecule has 0 fully saturated rings. The van der Waals surface area contributed by atoms with E-state index in [0.29, 0.717) is 17.1 Å². The fourth-order valence-corrected chi connectivity index (χ4v) is 2.85. The number of carbonyl (C=O) groups is 1. The summed E-state index contributed by atoms with van der Waals surface area (Å²) in [7, 11) is 0. The second-order valence-electron chi connectivity index (χ2n) is 5.37. The van der Waals surface area contributed by atoms with Crippen LogP contribution in [0.15, 0.2) is 30.3 Å². The molecule has 9 heteroatoms. The first-order chi connectivity index (χ1) is 12.3. The highest BCUT2D eigenvalue weighted by Gasteiger charge is 2.18. The van der Waals surface area contributed by atoms with E-state index >= 15 is 0 Å². The van der Waals surface area contributed by atoms with Gasteiger partial charge >= 0.3 is 0 Å². The van der Waals surface area contributed by atoms with Crippen LogP contribution in [0.25, 0.3) is 0 Å². The quantitative estimate of drug-likeness (QED) is 0.393. The first-order valence-corrected chi connectivity index (χ1v) is 9.08. The summed E-state index contributed by atoms with van der Waals surface area (Å²) in [4.78, 5) is 17.1. The Bertz CT molecular complexity index is 808. The molecule has 1 amide bonds. The van der Waals surface area contributed by atoms with Crippen molar-refractivity contribution in [3.63, 3.8) is 0 Å². The van der Waals surface area contributed by atoms with Gasteiger partial charge in [0, 0.05) is 9.64 Å². The highest BCUT2D eigenvalue weighted by atomic mass is 127. The number of amides is 1. The summed E-state index contributed by atoms with van der Waals surface area (Å²) in [5.41, 5.74) is 2.37. The van der Waals surface area contributed by atoms with Crippen molar-refractivity contribution in [3.05, 3.63) is 56.1 Å². The molecule has 0 saturated heterocycles. The van der Waals surface area contributed by atoms with Gasteiger partial charge in [0.25, 0.3) is 5.91 Å². The lowest BCUT2D eigenvalue weighted by molar-refractivity contribution is -0.0133. The number of halogens is 4. The van der Waals surface area contributed by atoms with E-state index < -0.39 is 23.6 Å². The van der Waals surface area contributed by atoms with Crippen LogP contribution in [-0.2, 0) is 4.84 Å². The molecule has 140 valence electrons. The van der Waals surface area contributed by atoms with Crippen molar-refractivity contribution >= 4 is 51.5 Å². The third-order valence-electron chi connectivity index (χ3n) is 3.42. The number of aliphatic hydroxyl groups excluding tert-OH is 1. The maximum Gasteiger partial charge on any atom is 0.277 e. The van der Waals surface area contributed by atoms with Gasteiger partial charge in [-0.15, -0.1) is 0 Å². The number of aliphatic hydroxyl groups is 1. The lowest BCUT2D eigenvalue weighted by Gasteiger charge is -2.15. The third kappa shape index (κ3) is 5.50. The number of hydrogen-bond donors (Lipinski definition) is 3. The summed E-state index contributed by atoms with van der Waals surface area (Å²) < 4.78 is 28.1. The largest absolute Gasteiger partial charge is 0.391 e. The van der Waals surface area contributed by atoms with Crippen LogP contribution < -0.4 is 10.8 Å². The Morgan fingerprint density at radius 3 is 2.62 bits per heavy atom. The van der Waals surface area contributed by atoms with E-state index in [1.54, 1.807) is 25.1 Å². The van der Waals surface area contributed by atoms with Crippen molar-refractivity contribution in [2.75, 3.05) is 11.9 Å². The normalized spacial score (nSPS) is 11.9. The summed E-state index contributed by atoms with van der Waals surface area (Å²) >= 11 is 8.21. The van der Waals surface area contributed by atoms with Crippen LogP contribution in [0.3, 0.4) is 0 Å². The number of hydroxylamine groups is 1. The lowest BCUT2D eigenvalue weighted by Crippen LogP contribution is -2.28. The smallest absolute Gasteiger partial charge is 0.277 e. The van der Waals surface area contributed by atoms with Crippen LogP contribution in [0.1, 0.15) is 23.7 Å². The zero-order chi connectivity index (χ0) is 19.3. The summed E-state index contributed by atoms with van der Waals surface area (Å²) in [6.07, 6.45) is -0.303. The van der Waals surface area contributed by atoms with Crippen molar-refractivity contribution in [2.45, 2.75) is 19.4 Å². The van der Waals surface area contributed by atoms with E-state index in [1.807, 2.05) is 0 Å². The Labute approximate surface area is 167 Å². The Morgan fingerprint density at radius 1 is 1.27 bits per heavy atom. The van der Waals surface area contributed by atoms with Crippen molar-refractivity contribution in [2.24, 2.45) is 0 Å². The third-order valence-corrected chi connectivity index (χ3v) is 4.40. The number of nitrogens with one attached hydrogen (secondary N) is 2. The zero-order valence-corrected chi connectivity index (χ0v) is 16.6. The zero-order valence-electron chi connectivity index (χ0n) is 13.7. The van der Waals surface area contributed by atoms with Gasteiger partial charge in [-0.2, -0.15) is 0 Å². The van der Waals surface area contributed by atoms with Crippen LogP contribution in [0, 0.1) is 15.2 Å². The fraction of sp³-hybridized carbons (Fsp3) is 0.235. The molecule has 2 aromatic carbocycles. The van der Waals surface area contributed by atoms with Gasteiger partial charge in [0.05, 0.1) is 28.1 Å². The monoisotopic (exact) mass is 496 g/mol. The lowest BCUT2D eigenvalue weighted by atomic mass is 10.1. The molecular formula is C17H16ClF2IN2O3. The van der Waals surface area contributed by atoms with Gasteiger partial charge in [0.15, 0.2) is 11.6 Å². The van der Waals surface area contributed by atoms with E-state index in [9.17, 15) is 18.7 Å². The molecule has 26 heavy (non-hydrogen) atoms. The average molecular weight is 497 g/mol. The van der Waals surface area contributed by atoms with Crippen LogP contribution >= 0.6 is 34.2 Å². The summed E-state index contributed by atoms with van der Waals surface area (Å²) in [5.74, 6) is -3.09. The molecule has 1 unspecified atom stereocenters. The summed E-state index contributed by atoms with van der Waals surface area (Å²) in [6, 6.07) is 6.72. The molecule has 0 radical (unpaired) electrons. The SMILES string of the molecule is CCC(O)CONC(=O)c1cc(F)c(F)cc1Nc1ccc(I)cc1Cl.